The molecule has 6 heteroatoms. The Morgan fingerprint density at radius 3 is 2.25 bits per heavy atom. The van der Waals surface area contributed by atoms with Gasteiger partial charge >= 0.3 is 6.69 Å². The molecular weight excluding hydrogens is 263 g/mol. The van der Waals surface area contributed by atoms with Crippen LogP contribution in [0.1, 0.15) is 19.8 Å². The quantitative estimate of drug-likeness (QED) is 0.784. The smallest absolute Gasteiger partial charge is 0.503 e. The van der Waals surface area contributed by atoms with Crippen molar-refractivity contribution in [3.8, 4) is 0 Å². The fourth-order valence-corrected chi connectivity index (χ4v) is 3.77. The molecule has 1 aromatic rings. The molecule has 0 aromatic heterocycles. The van der Waals surface area contributed by atoms with E-state index in [0.717, 1.165) is 38.5 Å². The summed E-state index contributed by atoms with van der Waals surface area (Å²) in [7, 11) is 0. The van der Waals surface area contributed by atoms with Crippen LogP contribution in [0.2, 0.25) is 0 Å². The Balaban J connectivity index is 2.03. The highest BCUT2D eigenvalue weighted by atomic mass is 19.1. The van der Waals surface area contributed by atoms with Crippen LogP contribution in [0.25, 0.3) is 0 Å². The molecule has 110 valence electrons. The Labute approximate surface area is 118 Å². The average Bonchev–Trinajstić information content (AvgIpc) is 2.90. The van der Waals surface area contributed by atoms with E-state index >= 15 is 0 Å². The molecule has 0 spiro atoms. The zero-order valence-corrected chi connectivity index (χ0v) is 11.8. The number of nitrogens with zero attached hydrogens (tertiary/aromatic N) is 1. The summed E-state index contributed by atoms with van der Waals surface area (Å²) < 4.78 is 39.7. The number of halogens is 2. The highest BCUT2D eigenvalue weighted by molar-refractivity contribution is 6.75. The molecule has 2 aliphatic rings. The van der Waals surface area contributed by atoms with Crippen LogP contribution < -0.4 is 5.46 Å². The molecule has 0 bridgehead atoms. The second-order valence-electron chi connectivity index (χ2n) is 5.86. The normalized spacial score (nSPS) is 32.5. The van der Waals surface area contributed by atoms with Crippen molar-refractivity contribution in [3.63, 3.8) is 0 Å². The maximum atomic E-state index is 13.6. The molecule has 2 saturated heterocycles. The minimum Gasteiger partial charge on any atom is -0.505 e. The third kappa shape index (κ3) is 1.98. The minimum atomic E-state index is -1.80. The van der Waals surface area contributed by atoms with Crippen LogP contribution in [0.5, 0.6) is 0 Å². The van der Waals surface area contributed by atoms with Gasteiger partial charge in [0, 0.05) is 12.6 Å². The van der Waals surface area contributed by atoms with Crippen LogP contribution in [0.4, 0.5) is 8.78 Å². The van der Waals surface area contributed by atoms with Crippen LogP contribution in [-0.2, 0) is 9.31 Å². The molecule has 3 rings (SSSR count). The Bertz CT molecular complexity index is 482. The number of fused-ring (bicyclic) bond motifs is 1. The van der Waals surface area contributed by atoms with Gasteiger partial charge in [-0.25, -0.2) is 8.78 Å². The van der Waals surface area contributed by atoms with Crippen LogP contribution >= 0.6 is 0 Å². The minimum absolute atomic E-state index is 0.522. The third-order valence-electron chi connectivity index (χ3n) is 4.74. The second kappa shape index (κ2) is 5.09. The maximum Gasteiger partial charge on any atom is 0.503 e. The van der Waals surface area contributed by atoms with E-state index < -0.39 is 18.3 Å². The lowest BCUT2D eigenvalue weighted by Gasteiger charge is -2.47. The first-order valence-electron chi connectivity index (χ1n) is 7.36. The first-order valence-corrected chi connectivity index (χ1v) is 7.36. The third-order valence-corrected chi connectivity index (χ3v) is 4.74. The van der Waals surface area contributed by atoms with Crippen molar-refractivity contribution in [2.24, 2.45) is 0 Å². The molecule has 20 heavy (non-hydrogen) atoms. The Hall–Kier alpha value is -0.975. The van der Waals surface area contributed by atoms with Crippen LogP contribution in [0.3, 0.4) is 0 Å². The lowest BCUT2D eigenvalue weighted by atomic mass is 9.60. The second-order valence-corrected chi connectivity index (χ2v) is 5.86. The van der Waals surface area contributed by atoms with Crippen LogP contribution in [0.15, 0.2) is 18.2 Å². The molecule has 0 unspecified atom stereocenters. The first kappa shape index (κ1) is 14.0. The van der Waals surface area contributed by atoms with Crippen molar-refractivity contribution in [2.45, 2.75) is 19.8 Å². The summed E-state index contributed by atoms with van der Waals surface area (Å²) in [5, 5.41) is 0. The van der Waals surface area contributed by atoms with E-state index in [1.807, 2.05) is 0 Å². The molecule has 3 nitrogen and oxygen atoms in total. The van der Waals surface area contributed by atoms with Gasteiger partial charge in [-0.2, -0.15) is 0 Å². The zero-order valence-electron chi connectivity index (χ0n) is 11.8. The summed E-state index contributed by atoms with van der Waals surface area (Å²) >= 11 is 0. The maximum absolute atomic E-state index is 13.6. The number of hydrogen-bond acceptors (Lipinski definition) is 2. The first-order chi connectivity index (χ1) is 9.62. The molecule has 0 atom stereocenters. The van der Waals surface area contributed by atoms with Gasteiger partial charge in [0.05, 0.1) is 26.3 Å². The standard InChI is InChI=1S/C14H20BF2NO2/c1-2-3-4-18-5-7-19-15(18,20-8-6-18)12-9-13(16)11-14(17)10-12/h9-11H,2-8H2,1H3. The number of hydrogen-bond donors (Lipinski definition) is 0. The molecular formula is C14H20BF2NO2. The topological polar surface area (TPSA) is 18.5 Å². The van der Waals surface area contributed by atoms with Gasteiger partial charge in [-0.3, -0.25) is 0 Å². The molecule has 2 aliphatic heterocycles. The molecule has 2 fully saturated rings. The highest BCUT2D eigenvalue weighted by Crippen LogP contribution is 2.34. The van der Waals surface area contributed by atoms with Crippen molar-refractivity contribution >= 4 is 12.1 Å². The predicted octanol–water partition coefficient (Wildman–Crippen LogP) is 1.79. The number of unbranched alkanes of at least 4 members (excludes halogenated alkanes) is 1. The summed E-state index contributed by atoms with van der Waals surface area (Å²) in [6, 6.07) is 3.61. The molecule has 0 aliphatic carbocycles. The lowest BCUT2D eigenvalue weighted by molar-refractivity contribution is -0.820. The molecule has 0 radical (unpaired) electrons. The monoisotopic (exact) mass is 283 g/mol. The zero-order chi connectivity index (χ0) is 14.2. The summed E-state index contributed by atoms with van der Waals surface area (Å²) in [5.74, 6) is -1.15. The molecule has 2 heterocycles. The summed E-state index contributed by atoms with van der Waals surface area (Å²) in [6.07, 6.45) is 2.15. The molecule has 0 N–H and O–H groups in total. The van der Waals surface area contributed by atoms with Crippen molar-refractivity contribution in [1.82, 2.24) is 0 Å². The van der Waals surface area contributed by atoms with Crippen molar-refractivity contribution in [3.05, 3.63) is 29.8 Å². The van der Waals surface area contributed by atoms with E-state index in [-0.39, 0.29) is 0 Å². The van der Waals surface area contributed by atoms with Gasteiger partial charge in [-0.1, -0.05) is 18.8 Å². The lowest BCUT2D eigenvalue weighted by Crippen LogP contribution is -2.69. The average molecular weight is 283 g/mol. The fraction of sp³-hybridized carbons (Fsp3) is 0.571. The predicted molar refractivity (Wildman–Crippen MR) is 73.4 cm³/mol. The highest BCUT2D eigenvalue weighted by Gasteiger charge is 2.59. The Morgan fingerprint density at radius 2 is 1.70 bits per heavy atom. The number of rotatable bonds is 4. The van der Waals surface area contributed by atoms with Gasteiger partial charge in [0.15, 0.2) is 0 Å². The van der Waals surface area contributed by atoms with Gasteiger partial charge in [0.1, 0.15) is 11.6 Å². The number of quaternary nitrogens is 1. The Kier molecular flexibility index (Phi) is 3.56. The van der Waals surface area contributed by atoms with Crippen molar-refractivity contribution in [1.29, 1.82) is 0 Å². The molecule has 0 amide bonds. The van der Waals surface area contributed by atoms with Gasteiger partial charge in [0.2, 0.25) is 0 Å². The van der Waals surface area contributed by atoms with E-state index in [0.29, 0.717) is 23.1 Å². The van der Waals surface area contributed by atoms with Crippen molar-refractivity contribution in [2.75, 3.05) is 32.8 Å². The summed E-state index contributed by atoms with van der Waals surface area (Å²) in [4.78, 5) is 0. The van der Waals surface area contributed by atoms with Gasteiger partial charge in [0.25, 0.3) is 0 Å². The van der Waals surface area contributed by atoms with E-state index in [9.17, 15) is 8.78 Å². The van der Waals surface area contributed by atoms with Crippen LogP contribution in [0, 0.1) is 11.6 Å². The van der Waals surface area contributed by atoms with E-state index in [2.05, 4.69) is 6.92 Å². The molecule has 0 saturated carbocycles. The number of benzene rings is 1. The largest absolute Gasteiger partial charge is 0.505 e. The van der Waals surface area contributed by atoms with Gasteiger partial charge in [-0.15, -0.1) is 0 Å². The summed E-state index contributed by atoms with van der Waals surface area (Å²) in [6.45, 7) is 4.17. The van der Waals surface area contributed by atoms with E-state index in [1.165, 1.54) is 12.1 Å². The van der Waals surface area contributed by atoms with Gasteiger partial charge < -0.3 is 13.7 Å². The van der Waals surface area contributed by atoms with Gasteiger partial charge in [-0.05, 0) is 18.6 Å². The van der Waals surface area contributed by atoms with Crippen molar-refractivity contribution < 1.29 is 22.5 Å². The SMILES string of the molecule is CCCC[N+]12CCO[B-]1(c1cc(F)cc(F)c1)OCC2. The Morgan fingerprint density at radius 1 is 1.10 bits per heavy atom. The van der Waals surface area contributed by atoms with E-state index in [4.69, 9.17) is 9.31 Å². The molecule has 1 aromatic carbocycles. The fourth-order valence-electron chi connectivity index (χ4n) is 3.77. The van der Waals surface area contributed by atoms with Crippen LogP contribution in [-0.4, -0.2) is 43.9 Å². The van der Waals surface area contributed by atoms with E-state index in [1.54, 1.807) is 0 Å². The summed E-state index contributed by atoms with van der Waals surface area (Å²) in [5.41, 5.74) is 0.522.